The maximum absolute atomic E-state index is 14.6. The molecule has 4 aromatic rings. The largest absolute Gasteiger partial charge is 0.416 e. The van der Waals surface area contributed by atoms with Gasteiger partial charge in [0.1, 0.15) is 0 Å². The van der Waals surface area contributed by atoms with E-state index in [1.807, 2.05) is 66.7 Å². The molecular formula is C41H39F3N4O3. The number of amides is 3. The normalized spacial score (nSPS) is 17.3. The third kappa shape index (κ3) is 7.95. The molecule has 1 saturated carbocycles. The van der Waals surface area contributed by atoms with E-state index in [1.54, 1.807) is 23.1 Å². The number of nitrogens with two attached hydrogens (primary N) is 1. The Labute approximate surface area is 295 Å². The Bertz CT molecular complexity index is 1940. The maximum Gasteiger partial charge on any atom is 0.416 e. The van der Waals surface area contributed by atoms with Crippen molar-refractivity contribution in [1.29, 1.82) is 0 Å². The van der Waals surface area contributed by atoms with Gasteiger partial charge in [-0.25, -0.2) is 4.99 Å². The number of rotatable bonds is 12. The minimum atomic E-state index is -4.45. The van der Waals surface area contributed by atoms with Gasteiger partial charge >= 0.3 is 6.18 Å². The van der Waals surface area contributed by atoms with Crippen LogP contribution in [0.3, 0.4) is 0 Å². The Hall–Kier alpha value is -5.51. The number of alkyl halides is 3. The van der Waals surface area contributed by atoms with Gasteiger partial charge < -0.3 is 16.0 Å². The fraction of sp³-hybridized carbons (Fsp3) is 0.268. The molecule has 10 heteroatoms. The molecule has 0 aromatic heterocycles. The van der Waals surface area contributed by atoms with E-state index in [0.717, 1.165) is 37.0 Å². The monoisotopic (exact) mass is 692 g/mol. The molecule has 1 aliphatic heterocycles. The first-order valence-electron chi connectivity index (χ1n) is 17.0. The number of anilines is 1. The van der Waals surface area contributed by atoms with Gasteiger partial charge in [-0.3, -0.25) is 14.4 Å². The molecule has 0 bridgehead atoms. The van der Waals surface area contributed by atoms with Crippen LogP contribution in [-0.4, -0.2) is 29.6 Å². The summed E-state index contributed by atoms with van der Waals surface area (Å²) in [5.74, 6) is -2.84. The lowest BCUT2D eigenvalue weighted by Crippen LogP contribution is -2.51. The first-order chi connectivity index (χ1) is 24.5. The van der Waals surface area contributed by atoms with Gasteiger partial charge in [-0.1, -0.05) is 104 Å². The second-order valence-electron chi connectivity index (χ2n) is 13.1. The first-order valence-corrected chi connectivity index (χ1v) is 17.0. The fourth-order valence-corrected chi connectivity index (χ4v) is 6.84. The van der Waals surface area contributed by atoms with E-state index in [4.69, 9.17) is 10.7 Å². The van der Waals surface area contributed by atoms with Crippen LogP contribution in [-0.2, 0) is 27.1 Å². The Morgan fingerprint density at radius 3 is 2.24 bits per heavy atom. The van der Waals surface area contributed by atoms with E-state index in [-0.39, 0.29) is 18.9 Å². The standard InChI is InChI=1S/C41H39F3N4O3/c1-2-10-32(37(45)49)34(24-26-11-8-12-26)39(50)47-38-40(51)48(35-18-7-6-17-33(35)36(46-38)29-14-4-3-5-15-29)25-27-13-9-16-30(23-27)28-19-21-31(22-20-28)41(42,43)44/h2-7,9,13-23,26,32,34,38H,1,8,10-12,24-25H2,(H2,45,49)(H,47,50)/t32-,34+,38?/m0/s1. The van der Waals surface area contributed by atoms with E-state index < -0.39 is 47.5 Å². The number of hydrogen-bond acceptors (Lipinski definition) is 4. The molecule has 1 unspecified atom stereocenters. The number of allylic oxidation sites excluding steroid dienone is 1. The molecule has 4 aromatic carbocycles. The van der Waals surface area contributed by atoms with Crippen molar-refractivity contribution in [2.45, 2.75) is 51.0 Å². The summed E-state index contributed by atoms with van der Waals surface area (Å²) in [6.07, 6.45) is -0.547. The van der Waals surface area contributed by atoms with Crippen LogP contribution in [0.1, 0.15) is 54.4 Å². The average molecular weight is 693 g/mol. The second-order valence-corrected chi connectivity index (χ2v) is 13.1. The molecule has 0 spiro atoms. The van der Waals surface area contributed by atoms with Crippen LogP contribution in [0.2, 0.25) is 0 Å². The van der Waals surface area contributed by atoms with Gasteiger partial charge in [-0.15, -0.1) is 6.58 Å². The van der Waals surface area contributed by atoms with Crippen molar-refractivity contribution in [1.82, 2.24) is 5.32 Å². The highest BCUT2D eigenvalue weighted by atomic mass is 19.4. The van der Waals surface area contributed by atoms with Gasteiger partial charge in [-0.2, -0.15) is 13.2 Å². The summed E-state index contributed by atoms with van der Waals surface area (Å²) >= 11 is 0. The van der Waals surface area contributed by atoms with Crippen LogP contribution in [0.5, 0.6) is 0 Å². The van der Waals surface area contributed by atoms with Crippen molar-refractivity contribution < 1.29 is 27.6 Å². The van der Waals surface area contributed by atoms with Crippen LogP contribution >= 0.6 is 0 Å². The summed E-state index contributed by atoms with van der Waals surface area (Å²) in [4.78, 5) is 47.9. The lowest BCUT2D eigenvalue weighted by Gasteiger charge is -2.33. The third-order valence-corrected chi connectivity index (χ3v) is 9.77. The third-order valence-electron chi connectivity index (χ3n) is 9.77. The zero-order chi connectivity index (χ0) is 36.1. The minimum absolute atomic E-state index is 0.0835. The predicted molar refractivity (Wildman–Crippen MR) is 191 cm³/mol. The molecule has 1 fully saturated rings. The summed E-state index contributed by atoms with van der Waals surface area (Å²) < 4.78 is 39.6. The summed E-state index contributed by atoms with van der Waals surface area (Å²) in [7, 11) is 0. The number of hydrogen-bond donors (Lipinski definition) is 2. The molecule has 3 atom stereocenters. The van der Waals surface area contributed by atoms with Crippen LogP contribution in [0.4, 0.5) is 18.9 Å². The van der Waals surface area contributed by atoms with Crippen molar-refractivity contribution in [3.63, 3.8) is 0 Å². The summed E-state index contributed by atoms with van der Waals surface area (Å²) in [6.45, 7) is 3.85. The van der Waals surface area contributed by atoms with Gasteiger partial charge in [0.05, 0.1) is 35.3 Å². The van der Waals surface area contributed by atoms with E-state index in [2.05, 4.69) is 11.9 Å². The number of para-hydroxylation sites is 1. The number of nitrogens with zero attached hydrogens (tertiary/aromatic N) is 2. The molecule has 0 saturated heterocycles. The molecule has 51 heavy (non-hydrogen) atoms. The number of aliphatic imine (C=N–C) groups is 1. The highest BCUT2D eigenvalue weighted by Gasteiger charge is 2.39. The van der Waals surface area contributed by atoms with Crippen LogP contribution < -0.4 is 16.0 Å². The topological polar surface area (TPSA) is 105 Å². The number of benzene rings is 4. The Morgan fingerprint density at radius 1 is 0.902 bits per heavy atom. The summed E-state index contributed by atoms with van der Waals surface area (Å²) in [5.41, 5.74) is 9.57. The highest BCUT2D eigenvalue weighted by Crippen LogP contribution is 2.37. The molecule has 6 rings (SSSR count). The van der Waals surface area contributed by atoms with Gasteiger partial charge in [0.2, 0.25) is 18.0 Å². The first kappa shape index (κ1) is 35.3. The van der Waals surface area contributed by atoms with Crippen molar-refractivity contribution in [3.8, 4) is 11.1 Å². The highest BCUT2D eigenvalue weighted by molar-refractivity contribution is 6.20. The smallest absolute Gasteiger partial charge is 0.369 e. The molecule has 3 N–H and O–H groups in total. The van der Waals surface area contributed by atoms with Crippen LogP contribution in [0.15, 0.2) is 121 Å². The number of primary amides is 1. The second kappa shape index (κ2) is 15.2. The number of fused-ring (bicyclic) bond motifs is 1. The van der Waals surface area contributed by atoms with Crippen LogP contribution in [0.25, 0.3) is 11.1 Å². The molecule has 1 heterocycles. The maximum atomic E-state index is 14.6. The molecule has 0 radical (unpaired) electrons. The number of benzodiazepines with no additional fused rings is 1. The molecule has 3 amide bonds. The lowest BCUT2D eigenvalue weighted by molar-refractivity contribution is -0.137. The zero-order valence-corrected chi connectivity index (χ0v) is 28.0. The van der Waals surface area contributed by atoms with E-state index >= 15 is 0 Å². The summed E-state index contributed by atoms with van der Waals surface area (Å²) in [5, 5.41) is 2.91. The molecule has 2 aliphatic rings. The molecular weight excluding hydrogens is 653 g/mol. The SMILES string of the molecule is C=CC[C@H](C(N)=O)[C@@H](CC1CCC1)C(=O)NC1N=C(c2ccccc2)c2ccccc2N(Cc2cccc(-c3ccc(C(F)(F)F)cc3)c2)C1=O. The summed E-state index contributed by atoms with van der Waals surface area (Å²) in [6, 6.07) is 28.9. The predicted octanol–water partition coefficient (Wildman–Crippen LogP) is 7.68. The minimum Gasteiger partial charge on any atom is -0.369 e. The van der Waals surface area contributed by atoms with Gasteiger partial charge in [0.15, 0.2) is 0 Å². The Balaban J connectivity index is 1.38. The molecule has 1 aliphatic carbocycles. The molecule has 7 nitrogen and oxygen atoms in total. The van der Waals surface area contributed by atoms with E-state index in [1.165, 1.54) is 12.1 Å². The quantitative estimate of drug-likeness (QED) is 0.149. The van der Waals surface area contributed by atoms with E-state index in [0.29, 0.717) is 40.1 Å². The van der Waals surface area contributed by atoms with Gasteiger partial charge in [0.25, 0.3) is 5.91 Å². The van der Waals surface area contributed by atoms with Crippen molar-refractivity contribution in [3.05, 3.63) is 138 Å². The number of carbonyl (C=O) groups excluding carboxylic acids is 3. The number of halogens is 3. The lowest BCUT2D eigenvalue weighted by atomic mass is 9.74. The van der Waals surface area contributed by atoms with Crippen molar-refractivity contribution in [2.24, 2.45) is 28.5 Å². The Kier molecular flexibility index (Phi) is 10.5. The van der Waals surface area contributed by atoms with Crippen LogP contribution in [0, 0.1) is 17.8 Å². The molecule has 262 valence electrons. The number of nitrogens with one attached hydrogen (secondary N) is 1. The zero-order valence-electron chi connectivity index (χ0n) is 28.0. The van der Waals surface area contributed by atoms with Gasteiger partial charge in [0, 0.05) is 11.1 Å². The van der Waals surface area contributed by atoms with Crippen molar-refractivity contribution in [2.75, 3.05) is 4.90 Å². The van der Waals surface area contributed by atoms with Gasteiger partial charge in [-0.05, 0) is 59.7 Å². The van der Waals surface area contributed by atoms with Crippen molar-refractivity contribution >= 4 is 29.1 Å². The average Bonchev–Trinajstić information content (AvgIpc) is 3.21. The van der Waals surface area contributed by atoms with E-state index in [9.17, 15) is 27.6 Å². The fourth-order valence-electron chi connectivity index (χ4n) is 6.84. The Morgan fingerprint density at radius 2 is 1.59 bits per heavy atom. The number of carbonyl (C=O) groups is 3.